The monoisotopic (exact) mass is 500 g/mol. The quantitative estimate of drug-likeness (QED) is 0.503. The third-order valence-electron chi connectivity index (χ3n) is 5.86. The van der Waals surface area contributed by atoms with Crippen LogP contribution in [0, 0.1) is 6.57 Å². The Morgan fingerprint density at radius 1 is 1.05 bits per heavy atom. The van der Waals surface area contributed by atoms with Gasteiger partial charge in [-0.05, 0) is 48.9 Å². The van der Waals surface area contributed by atoms with Crippen molar-refractivity contribution in [3.63, 3.8) is 0 Å². The molecule has 1 aliphatic rings. The molecule has 1 unspecified atom stereocenters. The summed E-state index contributed by atoms with van der Waals surface area (Å²) in [5.41, 5.74) is 1.85. The largest absolute Gasteiger partial charge is 0.489 e. The SMILES string of the molecule is [C-]#[N+]c1cccc(COc2ccc(C(=O)N3CCN(C(=O)Oc4cncc(C(=O)O)c4)CC3C)cc2)c1. The minimum atomic E-state index is -1.17. The lowest BCUT2D eigenvalue weighted by Crippen LogP contribution is -2.56. The fourth-order valence-electron chi connectivity index (χ4n) is 3.92. The van der Waals surface area contributed by atoms with E-state index in [0.29, 0.717) is 30.2 Å². The van der Waals surface area contributed by atoms with Crippen molar-refractivity contribution in [1.29, 1.82) is 0 Å². The van der Waals surface area contributed by atoms with Crippen molar-refractivity contribution in [2.75, 3.05) is 19.6 Å². The standard InChI is InChI=1S/C27H24N4O6/c1-18-16-30(27(35)37-24-13-21(26(33)34)14-29-15-24)10-11-31(18)25(32)20-6-8-23(9-7-20)36-17-19-4-3-5-22(12-19)28-2/h3-9,12-15,18H,10-11,16-17H2,1H3,(H,33,34). The first kappa shape index (κ1) is 25.2. The number of piperazine rings is 1. The Labute approximate surface area is 213 Å². The van der Waals surface area contributed by atoms with Crippen LogP contribution in [0.5, 0.6) is 11.5 Å². The van der Waals surface area contributed by atoms with Gasteiger partial charge in [-0.1, -0.05) is 18.2 Å². The van der Waals surface area contributed by atoms with Crippen molar-refractivity contribution in [1.82, 2.24) is 14.8 Å². The van der Waals surface area contributed by atoms with Crippen molar-refractivity contribution in [3.05, 3.63) is 95.1 Å². The molecule has 0 radical (unpaired) electrons. The summed E-state index contributed by atoms with van der Waals surface area (Å²) in [6.07, 6.45) is 1.80. The van der Waals surface area contributed by atoms with Crippen molar-refractivity contribution >= 4 is 23.7 Å². The van der Waals surface area contributed by atoms with Gasteiger partial charge in [0.1, 0.15) is 12.4 Å². The van der Waals surface area contributed by atoms with Gasteiger partial charge >= 0.3 is 12.1 Å². The van der Waals surface area contributed by atoms with E-state index in [-0.39, 0.29) is 36.4 Å². The van der Waals surface area contributed by atoms with Gasteiger partial charge in [0, 0.05) is 37.4 Å². The van der Waals surface area contributed by atoms with E-state index in [9.17, 15) is 14.4 Å². The fourth-order valence-corrected chi connectivity index (χ4v) is 3.92. The van der Waals surface area contributed by atoms with Crippen LogP contribution in [-0.2, 0) is 6.61 Å². The topological polar surface area (TPSA) is 114 Å². The molecule has 4 rings (SSSR count). The molecule has 0 saturated carbocycles. The normalized spacial score (nSPS) is 15.0. The molecule has 1 saturated heterocycles. The number of pyridine rings is 1. The average molecular weight is 501 g/mol. The number of amides is 2. The minimum Gasteiger partial charge on any atom is -0.489 e. The van der Waals surface area contributed by atoms with Crippen molar-refractivity contribution in [2.45, 2.75) is 19.6 Å². The van der Waals surface area contributed by atoms with E-state index in [1.165, 1.54) is 23.4 Å². The Morgan fingerprint density at radius 3 is 2.54 bits per heavy atom. The summed E-state index contributed by atoms with van der Waals surface area (Å²) in [5.74, 6) is -0.684. The van der Waals surface area contributed by atoms with Crippen LogP contribution in [0.1, 0.15) is 33.2 Å². The highest BCUT2D eigenvalue weighted by molar-refractivity contribution is 5.94. The van der Waals surface area contributed by atoms with E-state index in [4.69, 9.17) is 21.2 Å². The predicted octanol–water partition coefficient (Wildman–Crippen LogP) is 4.25. The molecular weight excluding hydrogens is 476 g/mol. The molecule has 188 valence electrons. The average Bonchev–Trinajstić information content (AvgIpc) is 2.92. The van der Waals surface area contributed by atoms with E-state index in [1.807, 2.05) is 19.1 Å². The summed E-state index contributed by atoms with van der Waals surface area (Å²) in [4.78, 5) is 47.1. The molecule has 0 bridgehead atoms. The highest BCUT2D eigenvalue weighted by atomic mass is 16.6. The van der Waals surface area contributed by atoms with Gasteiger partial charge in [-0.3, -0.25) is 9.78 Å². The van der Waals surface area contributed by atoms with Gasteiger partial charge in [0.15, 0.2) is 11.4 Å². The van der Waals surface area contributed by atoms with E-state index in [0.717, 1.165) is 5.56 Å². The lowest BCUT2D eigenvalue weighted by Gasteiger charge is -2.39. The Morgan fingerprint density at radius 2 is 1.84 bits per heavy atom. The number of hydrogen-bond acceptors (Lipinski definition) is 6. The Hall–Kier alpha value is -4.91. The Balaban J connectivity index is 1.31. The van der Waals surface area contributed by atoms with Crippen molar-refractivity contribution < 1.29 is 29.0 Å². The molecule has 1 aromatic heterocycles. The zero-order valence-electron chi connectivity index (χ0n) is 20.0. The van der Waals surface area contributed by atoms with Crippen LogP contribution in [-0.4, -0.2) is 63.5 Å². The number of carboxylic acids is 1. The third kappa shape index (κ3) is 6.21. The lowest BCUT2D eigenvalue weighted by atomic mass is 10.1. The van der Waals surface area contributed by atoms with Crippen LogP contribution in [0.25, 0.3) is 4.85 Å². The summed E-state index contributed by atoms with van der Waals surface area (Å²) < 4.78 is 11.1. The van der Waals surface area contributed by atoms with Gasteiger partial charge in [-0.25, -0.2) is 14.4 Å². The fraction of sp³-hybridized carbons (Fsp3) is 0.222. The van der Waals surface area contributed by atoms with Gasteiger partial charge in [-0.2, -0.15) is 0 Å². The number of aromatic carboxylic acids is 1. The summed E-state index contributed by atoms with van der Waals surface area (Å²) in [5, 5.41) is 9.06. The van der Waals surface area contributed by atoms with Crippen LogP contribution in [0.2, 0.25) is 0 Å². The summed E-state index contributed by atoms with van der Waals surface area (Å²) in [6.45, 7) is 10.1. The summed E-state index contributed by atoms with van der Waals surface area (Å²) in [6, 6.07) is 15.0. The van der Waals surface area contributed by atoms with Crippen LogP contribution < -0.4 is 9.47 Å². The number of ether oxygens (including phenoxy) is 2. The first-order chi connectivity index (χ1) is 17.8. The molecule has 10 heteroatoms. The smallest absolute Gasteiger partial charge is 0.415 e. The van der Waals surface area contributed by atoms with Gasteiger partial charge in [0.25, 0.3) is 5.91 Å². The number of rotatable bonds is 6. The Kier molecular flexibility index (Phi) is 7.64. The molecule has 3 aromatic rings. The lowest BCUT2D eigenvalue weighted by molar-refractivity contribution is 0.0495. The number of benzene rings is 2. The highest BCUT2D eigenvalue weighted by Crippen LogP contribution is 2.21. The van der Waals surface area contributed by atoms with E-state index >= 15 is 0 Å². The number of carbonyl (C=O) groups is 3. The summed E-state index contributed by atoms with van der Waals surface area (Å²) in [7, 11) is 0. The predicted molar refractivity (Wildman–Crippen MR) is 133 cm³/mol. The molecule has 2 amide bonds. The van der Waals surface area contributed by atoms with Gasteiger partial charge < -0.3 is 24.4 Å². The second-order valence-corrected chi connectivity index (χ2v) is 8.47. The Bertz CT molecular complexity index is 1350. The van der Waals surface area contributed by atoms with Gasteiger partial charge in [0.05, 0.1) is 18.3 Å². The van der Waals surface area contributed by atoms with Crippen molar-refractivity contribution in [2.24, 2.45) is 0 Å². The first-order valence-electron chi connectivity index (χ1n) is 11.5. The second-order valence-electron chi connectivity index (χ2n) is 8.47. The molecular formula is C27H24N4O6. The minimum absolute atomic E-state index is 0.0393. The maximum Gasteiger partial charge on any atom is 0.415 e. The van der Waals surface area contributed by atoms with E-state index in [1.54, 1.807) is 41.3 Å². The molecule has 1 fully saturated rings. The molecule has 0 aliphatic carbocycles. The molecule has 10 nitrogen and oxygen atoms in total. The second kappa shape index (κ2) is 11.2. The van der Waals surface area contributed by atoms with Crippen LogP contribution in [0.3, 0.4) is 0 Å². The maximum absolute atomic E-state index is 13.1. The highest BCUT2D eigenvalue weighted by Gasteiger charge is 2.31. The number of carbonyl (C=O) groups excluding carboxylic acids is 2. The van der Waals surface area contributed by atoms with Crippen LogP contribution >= 0.6 is 0 Å². The molecule has 1 N–H and O–H groups in total. The number of nitrogens with zero attached hydrogens (tertiary/aromatic N) is 4. The van der Waals surface area contributed by atoms with Gasteiger partial charge in [0.2, 0.25) is 0 Å². The molecule has 0 spiro atoms. The maximum atomic E-state index is 13.1. The van der Waals surface area contributed by atoms with Crippen LogP contribution in [0.4, 0.5) is 10.5 Å². The zero-order valence-corrected chi connectivity index (χ0v) is 20.0. The van der Waals surface area contributed by atoms with E-state index < -0.39 is 12.1 Å². The summed E-state index contributed by atoms with van der Waals surface area (Å²) >= 11 is 0. The third-order valence-corrected chi connectivity index (χ3v) is 5.86. The van der Waals surface area contributed by atoms with Crippen molar-refractivity contribution in [3.8, 4) is 11.5 Å². The first-order valence-corrected chi connectivity index (χ1v) is 11.5. The van der Waals surface area contributed by atoms with Crippen LogP contribution in [0.15, 0.2) is 67.0 Å². The molecule has 1 atom stereocenters. The zero-order chi connectivity index (χ0) is 26.4. The molecule has 2 heterocycles. The number of hydrogen-bond donors (Lipinski definition) is 1. The number of carboxylic acid groups (broad SMARTS) is 1. The molecule has 1 aliphatic heterocycles. The van der Waals surface area contributed by atoms with E-state index in [2.05, 4.69) is 9.83 Å². The number of aromatic nitrogens is 1. The molecule has 37 heavy (non-hydrogen) atoms. The molecule has 2 aromatic carbocycles. The van der Waals surface area contributed by atoms with Gasteiger partial charge in [-0.15, -0.1) is 0 Å².